The molecule has 1 aromatic rings. The van der Waals surface area contributed by atoms with Gasteiger partial charge in [0.1, 0.15) is 6.07 Å². The quantitative estimate of drug-likeness (QED) is 0.783. The molecular formula is C19H23F3N4O2. The Morgan fingerprint density at radius 2 is 1.86 bits per heavy atom. The smallest absolute Gasteiger partial charge is 0.391 e. The lowest BCUT2D eigenvalue weighted by Crippen LogP contribution is -2.51. The molecule has 2 heterocycles. The SMILES string of the molecule is N#Cc1nc(C2CC2)oc1N1CCN(C(=O)C2CCCC(C(F)(F)F)C2)CC1. The first-order valence-corrected chi connectivity index (χ1v) is 9.88. The second kappa shape index (κ2) is 7.30. The molecule has 2 saturated carbocycles. The predicted molar refractivity (Wildman–Crippen MR) is 93.5 cm³/mol. The average molecular weight is 396 g/mol. The van der Waals surface area contributed by atoms with Crippen LogP contribution in [0.1, 0.15) is 56.0 Å². The maximum atomic E-state index is 13.0. The van der Waals surface area contributed by atoms with Crippen molar-refractivity contribution in [3.8, 4) is 6.07 Å². The summed E-state index contributed by atoms with van der Waals surface area (Å²) in [5.41, 5.74) is 0.266. The third-order valence-electron chi connectivity index (χ3n) is 6.02. The van der Waals surface area contributed by atoms with Crippen molar-refractivity contribution in [1.29, 1.82) is 5.26 Å². The van der Waals surface area contributed by atoms with Gasteiger partial charge in [0.15, 0.2) is 0 Å². The number of carbonyl (C=O) groups is 1. The predicted octanol–water partition coefficient (Wildman–Crippen LogP) is 3.44. The number of aromatic nitrogens is 1. The van der Waals surface area contributed by atoms with Gasteiger partial charge in [0.05, 0.1) is 5.92 Å². The van der Waals surface area contributed by atoms with E-state index >= 15 is 0 Å². The highest BCUT2D eigenvalue weighted by atomic mass is 19.4. The Bertz CT molecular complexity index is 773. The van der Waals surface area contributed by atoms with Crippen molar-refractivity contribution < 1.29 is 22.4 Å². The Morgan fingerprint density at radius 3 is 2.46 bits per heavy atom. The summed E-state index contributed by atoms with van der Waals surface area (Å²) in [6, 6.07) is 2.07. The molecule has 0 aromatic carbocycles. The van der Waals surface area contributed by atoms with Crippen molar-refractivity contribution in [2.24, 2.45) is 11.8 Å². The number of rotatable bonds is 3. The van der Waals surface area contributed by atoms with Gasteiger partial charge in [0, 0.05) is 38.0 Å². The van der Waals surface area contributed by atoms with E-state index in [1.807, 2.05) is 4.90 Å². The Morgan fingerprint density at radius 1 is 1.14 bits per heavy atom. The van der Waals surface area contributed by atoms with Crippen molar-refractivity contribution >= 4 is 11.8 Å². The number of halogens is 3. The Labute approximate surface area is 161 Å². The van der Waals surface area contributed by atoms with Crippen molar-refractivity contribution in [2.45, 2.75) is 50.6 Å². The molecule has 0 bridgehead atoms. The Kier molecular flexibility index (Phi) is 4.98. The van der Waals surface area contributed by atoms with Crippen LogP contribution in [0.3, 0.4) is 0 Å². The minimum atomic E-state index is -4.23. The first-order chi connectivity index (χ1) is 13.4. The lowest BCUT2D eigenvalue weighted by Gasteiger charge is -2.38. The lowest BCUT2D eigenvalue weighted by atomic mass is 9.80. The molecule has 2 aliphatic carbocycles. The van der Waals surface area contributed by atoms with Gasteiger partial charge >= 0.3 is 6.18 Å². The van der Waals surface area contributed by atoms with Gasteiger partial charge < -0.3 is 14.2 Å². The highest BCUT2D eigenvalue weighted by Gasteiger charge is 2.44. The number of hydrogen-bond donors (Lipinski definition) is 0. The number of oxazole rings is 1. The molecule has 6 nitrogen and oxygen atoms in total. The van der Waals surface area contributed by atoms with E-state index in [9.17, 15) is 23.2 Å². The van der Waals surface area contributed by atoms with Gasteiger partial charge in [-0.25, -0.2) is 4.98 Å². The normalized spacial score (nSPS) is 26.2. The van der Waals surface area contributed by atoms with Gasteiger partial charge in [-0.3, -0.25) is 4.79 Å². The van der Waals surface area contributed by atoms with Crippen LogP contribution in [0.25, 0.3) is 0 Å². The zero-order chi connectivity index (χ0) is 19.9. The van der Waals surface area contributed by atoms with Crippen LogP contribution < -0.4 is 4.90 Å². The van der Waals surface area contributed by atoms with Gasteiger partial charge in [-0.1, -0.05) is 6.42 Å². The maximum absolute atomic E-state index is 13.0. The molecule has 3 aliphatic rings. The topological polar surface area (TPSA) is 73.4 Å². The minimum absolute atomic E-state index is 0.103. The van der Waals surface area contributed by atoms with Crippen molar-refractivity contribution in [3.63, 3.8) is 0 Å². The minimum Gasteiger partial charge on any atom is -0.423 e. The molecule has 0 radical (unpaired) electrons. The Balaban J connectivity index is 1.36. The summed E-state index contributed by atoms with van der Waals surface area (Å²) in [5.74, 6) is -0.739. The Hall–Kier alpha value is -2.24. The molecule has 2 atom stereocenters. The zero-order valence-electron chi connectivity index (χ0n) is 15.5. The fourth-order valence-corrected chi connectivity index (χ4v) is 4.22. The van der Waals surface area contributed by atoms with E-state index in [1.54, 1.807) is 4.90 Å². The maximum Gasteiger partial charge on any atom is 0.391 e. The lowest BCUT2D eigenvalue weighted by molar-refractivity contribution is -0.187. The third kappa shape index (κ3) is 3.82. The van der Waals surface area contributed by atoms with Crippen molar-refractivity contribution in [3.05, 3.63) is 11.6 Å². The van der Waals surface area contributed by atoms with E-state index in [-0.39, 0.29) is 24.4 Å². The summed E-state index contributed by atoms with van der Waals surface area (Å²) < 4.78 is 44.9. The van der Waals surface area contributed by atoms with E-state index in [0.29, 0.717) is 56.7 Å². The summed E-state index contributed by atoms with van der Waals surface area (Å²) in [6.45, 7) is 1.79. The largest absolute Gasteiger partial charge is 0.423 e. The third-order valence-corrected chi connectivity index (χ3v) is 6.02. The summed E-state index contributed by atoms with van der Waals surface area (Å²) >= 11 is 0. The van der Waals surface area contributed by atoms with Crippen molar-refractivity contribution in [2.75, 3.05) is 31.1 Å². The second-order valence-corrected chi connectivity index (χ2v) is 8.01. The summed E-state index contributed by atoms with van der Waals surface area (Å²) in [7, 11) is 0. The molecule has 0 spiro atoms. The monoisotopic (exact) mass is 396 g/mol. The van der Waals surface area contributed by atoms with E-state index < -0.39 is 18.0 Å². The molecule has 1 aromatic heterocycles. The number of anilines is 1. The van der Waals surface area contributed by atoms with Crippen LogP contribution in [0.15, 0.2) is 4.42 Å². The van der Waals surface area contributed by atoms with E-state index in [1.165, 1.54) is 0 Å². The molecule has 9 heteroatoms. The van der Waals surface area contributed by atoms with Gasteiger partial charge in [-0.05, 0) is 32.1 Å². The number of nitrogens with zero attached hydrogens (tertiary/aromatic N) is 4. The second-order valence-electron chi connectivity index (χ2n) is 8.01. The molecule has 1 aliphatic heterocycles. The number of amides is 1. The molecule has 1 amide bonds. The number of hydrogen-bond acceptors (Lipinski definition) is 5. The van der Waals surface area contributed by atoms with Gasteiger partial charge in [0.25, 0.3) is 0 Å². The first kappa shape index (κ1) is 19.1. The van der Waals surface area contributed by atoms with Gasteiger partial charge in [0.2, 0.25) is 23.4 Å². The molecule has 28 heavy (non-hydrogen) atoms. The van der Waals surface area contributed by atoms with Crippen LogP contribution in [0.5, 0.6) is 0 Å². The van der Waals surface area contributed by atoms with Crippen LogP contribution in [0.2, 0.25) is 0 Å². The molecule has 1 saturated heterocycles. The van der Waals surface area contributed by atoms with Gasteiger partial charge in [-0.15, -0.1) is 0 Å². The van der Waals surface area contributed by atoms with Crippen LogP contribution in [-0.2, 0) is 4.79 Å². The molecule has 4 rings (SSSR count). The van der Waals surface area contributed by atoms with Crippen molar-refractivity contribution in [1.82, 2.24) is 9.88 Å². The average Bonchev–Trinajstić information content (AvgIpc) is 3.46. The summed E-state index contributed by atoms with van der Waals surface area (Å²) in [4.78, 5) is 20.6. The van der Waals surface area contributed by atoms with Crippen LogP contribution in [0, 0.1) is 23.2 Å². The van der Waals surface area contributed by atoms with Crippen LogP contribution >= 0.6 is 0 Å². The van der Waals surface area contributed by atoms with E-state index in [4.69, 9.17) is 4.42 Å². The zero-order valence-corrected chi connectivity index (χ0v) is 15.5. The highest BCUT2D eigenvalue weighted by molar-refractivity contribution is 5.79. The summed E-state index contributed by atoms with van der Waals surface area (Å²) in [5, 5.41) is 9.31. The highest BCUT2D eigenvalue weighted by Crippen LogP contribution is 2.42. The van der Waals surface area contributed by atoms with Gasteiger partial charge in [-0.2, -0.15) is 18.4 Å². The van der Waals surface area contributed by atoms with E-state index in [2.05, 4.69) is 11.1 Å². The standard InChI is InChI=1S/C19H23F3N4O2/c20-19(21,22)14-3-1-2-13(10-14)17(27)25-6-8-26(9-7-25)18-15(11-23)24-16(28-18)12-4-5-12/h12-14H,1-10H2. The first-order valence-electron chi connectivity index (χ1n) is 9.88. The fourth-order valence-electron chi connectivity index (χ4n) is 4.22. The molecule has 2 unspecified atom stereocenters. The number of alkyl halides is 3. The molecule has 0 N–H and O–H groups in total. The molecular weight excluding hydrogens is 373 g/mol. The molecule has 3 fully saturated rings. The number of piperazine rings is 1. The number of nitriles is 1. The number of carbonyl (C=O) groups excluding carboxylic acids is 1. The van der Waals surface area contributed by atoms with E-state index in [0.717, 1.165) is 12.8 Å². The summed E-state index contributed by atoms with van der Waals surface area (Å²) in [6.07, 6.45) is -1.20. The fraction of sp³-hybridized carbons (Fsp3) is 0.737. The molecule has 152 valence electrons. The van der Waals surface area contributed by atoms with Crippen LogP contribution in [-0.4, -0.2) is 48.1 Å². The van der Waals surface area contributed by atoms with Crippen LogP contribution in [0.4, 0.5) is 19.1 Å².